The molecular weight excluding hydrogens is 518 g/mol. The number of benzene rings is 3. The zero-order valence-electron chi connectivity index (χ0n) is 22.5. The summed E-state index contributed by atoms with van der Waals surface area (Å²) in [6.45, 7) is 0.186. The summed E-state index contributed by atoms with van der Waals surface area (Å²) in [6, 6.07) is 21.9. The van der Waals surface area contributed by atoms with Crippen molar-refractivity contribution in [1.82, 2.24) is 4.57 Å². The molecule has 0 radical (unpaired) electrons. The lowest BCUT2D eigenvalue weighted by atomic mass is 10.1. The third-order valence-corrected chi connectivity index (χ3v) is 6.15. The Hall–Kier alpha value is -4.86. The second kappa shape index (κ2) is 12.3. The zero-order valence-corrected chi connectivity index (χ0v) is 22.5. The van der Waals surface area contributed by atoms with Crippen molar-refractivity contribution in [3.63, 3.8) is 0 Å². The quantitative estimate of drug-likeness (QED) is 0.119. The number of hydrogen-bond donors (Lipinski definition) is 0. The normalized spacial score (nSPS) is 11.2. The third-order valence-electron chi connectivity index (χ3n) is 6.15. The highest BCUT2D eigenvalue weighted by molar-refractivity contribution is 6.01. The van der Waals surface area contributed by atoms with Gasteiger partial charge in [0.15, 0.2) is 6.61 Å². The average molecular weight is 547 g/mol. The van der Waals surface area contributed by atoms with Gasteiger partial charge >= 0.3 is 12.6 Å². The maximum Gasteiger partial charge on any atom is 0.387 e. The molecule has 1 heterocycles. The Labute approximate surface area is 230 Å². The monoisotopic (exact) mass is 546 g/mol. The van der Waals surface area contributed by atoms with Crippen LogP contribution in [0, 0.1) is 13.8 Å². The van der Waals surface area contributed by atoms with E-state index in [9.17, 15) is 18.4 Å². The van der Waals surface area contributed by atoms with Crippen LogP contribution in [-0.4, -0.2) is 43.6 Å². The van der Waals surface area contributed by atoms with E-state index >= 15 is 0 Å². The molecule has 10 heteroatoms. The molecule has 0 bridgehead atoms. The van der Waals surface area contributed by atoms with E-state index in [0.29, 0.717) is 28.3 Å². The molecule has 4 rings (SSSR count). The maximum absolute atomic E-state index is 13.0. The summed E-state index contributed by atoms with van der Waals surface area (Å²) in [7, 11) is 3.88. The molecule has 0 spiro atoms. The van der Waals surface area contributed by atoms with Gasteiger partial charge in [0.2, 0.25) is 5.78 Å². The zero-order chi connectivity index (χ0) is 28.8. The smallest absolute Gasteiger partial charge is 0.387 e. The number of anilines is 1. The van der Waals surface area contributed by atoms with E-state index < -0.39 is 19.2 Å². The van der Waals surface area contributed by atoms with Gasteiger partial charge in [0.05, 0.1) is 11.3 Å². The lowest BCUT2D eigenvalue weighted by Gasteiger charge is -2.11. The van der Waals surface area contributed by atoms with Gasteiger partial charge < -0.3 is 18.9 Å². The van der Waals surface area contributed by atoms with Crippen molar-refractivity contribution in [3.8, 4) is 11.4 Å². The van der Waals surface area contributed by atoms with Gasteiger partial charge in [-0.05, 0) is 80.6 Å². The Morgan fingerprint density at radius 3 is 2.23 bits per heavy atom. The van der Waals surface area contributed by atoms with Crippen LogP contribution < -0.4 is 9.64 Å². The number of rotatable bonds is 10. The maximum atomic E-state index is 13.0. The fourth-order valence-electron chi connectivity index (χ4n) is 4.17. The molecule has 0 saturated carbocycles. The molecule has 0 N–H and O–H groups in total. The predicted octanol–water partition coefficient (Wildman–Crippen LogP) is 7.22. The van der Waals surface area contributed by atoms with Crippen LogP contribution >= 0.6 is 0 Å². The molecule has 0 aliphatic carbocycles. The Kier molecular flexibility index (Phi) is 8.68. The Balaban J connectivity index is 1.45. The summed E-state index contributed by atoms with van der Waals surface area (Å²) in [5.41, 5.74) is 4.56. The fraction of sp³-hybridized carbons (Fsp3) is 0.200. The van der Waals surface area contributed by atoms with Crippen LogP contribution in [0.5, 0.6) is 5.75 Å². The molecule has 0 saturated heterocycles. The van der Waals surface area contributed by atoms with Crippen molar-refractivity contribution in [1.29, 1.82) is 0 Å². The summed E-state index contributed by atoms with van der Waals surface area (Å²) in [5, 5.41) is 8.43. The SMILES string of the molecule is Cc1cc(C(=O)COC(=O)c2ccccc2N=Nc2ccc(N(C)C)cc2)c(C)n1-c1ccc(OC(F)F)cc1. The van der Waals surface area contributed by atoms with Gasteiger partial charge in [0, 0.05) is 42.4 Å². The van der Waals surface area contributed by atoms with E-state index in [1.807, 2.05) is 54.8 Å². The molecule has 40 heavy (non-hydrogen) atoms. The van der Waals surface area contributed by atoms with Crippen LogP contribution in [0.25, 0.3) is 5.69 Å². The fourth-order valence-corrected chi connectivity index (χ4v) is 4.17. The minimum Gasteiger partial charge on any atom is -0.454 e. The Morgan fingerprint density at radius 2 is 1.57 bits per heavy atom. The summed E-state index contributed by atoms with van der Waals surface area (Å²) in [5.74, 6) is -1.05. The molecule has 1 aromatic heterocycles. The van der Waals surface area contributed by atoms with Crippen molar-refractivity contribution < 1.29 is 27.8 Å². The molecule has 0 aliphatic rings. The molecule has 0 aliphatic heterocycles. The number of alkyl halides is 2. The molecule has 0 unspecified atom stereocenters. The topological polar surface area (TPSA) is 85.5 Å². The van der Waals surface area contributed by atoms with Crippen LogP contribution in [0.1, 0.15) is 32.1 Å². The Morgan fingerprint density at radius 1 is 0.900 bits per heavy atom. The number of ether oxygens (including phenoxy) is 2. The highest BCUT2D eigenvalue weighted by Gasteiger charge is 2.20. The van der Waals surface area contributed by atoms with Gasteiger partial charge in [0.1, 0.15) is 11.4 Å². The Bertz CT molecular complexity index is 1530. The van der Waals surface area contributed by atoms with Crippen LogP contribution in [0.4, 0.5) is 25.8 Å². The highest BCUT2D eigenvalue weighted by Crippen LogP contribution is 2.26. The molecular formula is C30H28F2N4O4. The number of carbonyl (C=O) groups excluding carboxylic acids is 2. The summed E-state index contributed by atoms with van der Waals surface area (Å²) >= 11 is 0. The number of aromatic nitrogens is 1. The number of Topliss-reactive ketones (excluding diaryl/α,β-unsaturated/α-hetero) is 1. The minimum absolute atomic E-state index is 0.0338. The minimum atomic E-state index is -2.91. The number of nitrogens with zero attached hydrogens (tertiary/aromatic N) is 4. The number of hydrogen-bond acceptors (Lipinski definition) is 7. The predicted molar refractivity (Wildman–Crippen MR) is 148 cm³/mol. The molecule has 4 aromatic rings. The largest absolute Gasteiger partial charge is 0.454 e. The van der Waals surface area contributed by atoms with E-state index in [0.717, 1.165) is 11.4 Å². The number of ketones is 1. The van der Waals surface area contributed by atoms with Crippen LogP contribution in [0.15, 0.2) is 89.1 Å². The van der Waals surface area contributed by atoms with Gasteiger partial charge in [-0.15, -0.1) is 5.11 Å². The molecule has 8 nitrogen and oxygen atoms in total. The van der Waals surface area contributed by atoms with Crippen LogP contribution in [0.3, 0.4) is 0 Å². The number of carbonyl (C=O) groups is 2. The second-order valence-corrected chi connectivity index (χ2v) is 9.12. The van der Waals surface area contributed by atoms with Gasteiger partial charge in [-0.25, -0.2) is 4.79 Å². The number of halogens is 2. The molecule has 206 valence electrons. The first-order valence-electron chi connectivity index (χ1n) is 12.4. The van der Waals surface area contributed by atoms with E-state index in [2.05, 4.69) is 15.0 Å². The van der Waals surface area contributed by atoms with E-state index in [4.69, 9.17) is 4.74 Å². The van der Waals surface area contributed by atoms with Crippen LogP contribution in [-0.2, 0) is 4.74 Å². The van der Waals surface area contributed by atoms with Crippen molar-refractivity contribution in [3.05, 3.63) is 101 Å². The van der Waals surface area contributed by atoms with Crippen molar-refractivity contribution >= 4 is 28.8 Å². The second-order valence-electron chi connectivity index (χ2n) is 9.12. The highest BCUT2D eigenvalue weighted by atomic mass is 19.3. The molecule has 0 atom stereocenters. The lowest BCUT2D eigenvalue weighted by molar-refractivity contribution is -0.0498. The van der Waals surface area contributed by atoms with Gasteiger partial charge in [-0.1, -0.05) is 12.1 Å². The summed E-state index contributed by atoms with van der Waals surface area (Å²) in [6.07, 6.45) is 0. The first-order chi connectivity index (χ1) is 19.1. The number of aryl methyl sites for hydroxylation is 1. The van der Waals surface area contributed by atoms with Gasteiger partial charge in [-0.2, -0.15) is 13.9 Å². The first-order valence-corrected chi connectivity index (χ1v) is 12.4. The standard InChI is InChI=1S/C30H28F2N4O4/c1-19-17-26(20(2)36(19)23-13-15-24(16-14-23)40-30(31)32)28(37)18-39-29(38)25-7-5-6-8-27(25)34-33-21-9-11-22(12-10-21)35(3)4/h5-17,30H,18H2,1-4H3. The van der Waals surface area contributed by atoms with Crippen molar-refractivity contribution in [2.45, 2.75) is 20.5 Å². The van der Waals surface area contributed by atoms with Gasteiger partial charge in [0.25, 0.3) is 0 Å². The first kappa shape index (κ1) is 28.2. The summed E-state index contributed by atoms with van der Waals surface area (Å²) < 4.78 is 36.5. The number of esters is 1. The van der Waals surface area contributed by atoms with Crippen molar-refractivity contribution in [2.24, 2.45) is 10.2 Å². The third kappa shape index (κ3) is 6.58. The lowest BCUT2D eigenvalue weighted by Crippen LogP contribution is -2.15. The number of azo groups is 1. The summed E-state index contributed by atoms with van der Waals surface area (Å²) in [4.78, 5) is 27.8. The van der Waals surface area contributed by atoms with E-state index in [-0.39, 0.29) is 17.1 Å². The van der Waals surface area contributed by atoms with E-state index in [1.165, 1.54) is 12.1 Å². The molecule has 0 amide bonds. The van der Waals surface area contributed by atoms with E-state index in [1.54, 1.807) is 49.4 Å². The molecule has 3 aromatic carbocycles. The van der Waals surface area contributed by atoms with Gasteiger partial charge in [-0.3, -0.25) is 4.79 Å². The molecule has 0 fully saturated rings. The van der Waals surface area contributed by atoms with Crippen LogP contribution in [0.2, 0.25) is 0 Å². The average Bonchev–Trinajstić information content (AvgIpc) is 3.24. The van der Waals surface area contributed by atoms with Crippen molar-refractivity contribution in [2.75, 3.05) is 25.6 Å².